The van der Waals surface area contributed by atoms with E-state index in [2.05, 4.69) is 4.72 Å². The lowest BCUT2D eigenvalue weighted by Crippen LogP contribution is -2.14. The van der Waals surface area contributed by atoms with E-state index in [0.717, 1.165) is 18.2 Å². The van der Waals surface area contributed by atoms with Crippen molar-refractivity contribution >= 4 is 31.2 Å². The van der Waals surface area contributed by atoms with Crippen molar-refractivity contribution < 1.29 is 31.6 Å². The van der Waals surface area contributed by atoms with E-state index in [-0.39, 0.29) is 27.0 Å². The third-order valence-corrected chi connectivity index (χ3v) is 8.14. The van der Waals surface area contributed by atoms with Crippen molar-refractivity contribution in [3.63, 3.8) is 0 Å². The zero-order valence-corrected chi connectivity index (χ0v) is 20.1. The fraction of sp³-hybridized carbons (Fsp3) is 0.182. The van der Waals surface area contributed by atoms with E-state index in [0.29, 0.717) is 5.75 Å². The van der Waals surface area contributed by atoms with Gasteiger partial charge >= 0.3 is 0 Å². The molecular formula is C22H22N2O8S2. The Bertz CT molecular complexity index is 1450. The third kappa shape index (κ3) is 4.97. The minimum absolute atomic E-state index is 0.125. The molecule has 0 unspecified atom stereocenters. The number of sulfonamides is 1. The van der Waals surface area contributed by atoms with Crippen LogP contribution in [0.15, 0.2) is 75.4 Å². The number of anilines is 1. The molecule has 0 bridgehead atoms. The summed E-state index contributed by atoms with van der Waals surface area (Å²) in [6.45, 7) is 3.41. The number of aromatic hydroxyl groups is 1. The van der Waals surface area contributed by atoms with Crippen molar-refractivity contribution in [3.8, 4) is 11.5 Å². The van der Waals surface area contributed by atoms with E-state index in [1.165, 1.54) is 49.6 Å². The predicted molar refractivity (Wildman–Crippen MR) is 125 cm³/mol. The second kappa shape index (κ2) is 9.31. The monoisotopic (exact) mass is 506 g/mol. The average molecular weight is 507 g/mol. The van der Waals surface area contributed by atoms with Gasteiger partial charge in [0.05, 0.1) is 27.5 Å². The minimum Gasteiger partial charge on any atom is -0.506 e. The molecular weight excluding hydrogens is 484 g/mol. The maximum Gasteiger partial charge on any atom is 0.270 e. The molecule has 34 heavy (non-hydrogen) atoms. The summed E-state index contributed by atoms with van der Waals surface area (Å²) in [7, 11) is -7.12. The highest BCUT2D eigenvalue weighted by molar-refractivity contribution is 7.93. The number of nitro benzene ring substituents is 1. The van der Waals surface area contributed by atoms with Crippen molar-refractivity contribution in [2.24, 2.45) is 0 Å². The Kier molecular flexibility index (Phi) is 6.84. The van der Waals surface area contributed by atoms with Gasteiger partial charge in [-0.3, -0.25) is 14.8 Å². The molecule has 180 valence electrons. The first-order valence-corrected chi connectivity index (χ1v) is 12.9. The van der Waals surface area contributed by atoms with Crippen LogP contribution < -0.4 is 9.46 Å². The van der Waals surface area contributed by atoms with Gasteiger partial charge in [0.1, 0.15) is 16.4 Å². The molecule has 0 saturated carbocycles. The lowest BCUT2D eigenvalue weighted by Gasteiger charge is -2.17. The van der Waals surface area contributed by atoms with Crippen molar-refractivity contribution in [1.29, 1.82) is 0 Å². The zero-order valence-electron chi connectivity index (χ0n) is 18.4. The Morgan fingerprint density at radius 2 is 1.62 bits per heavy atom. The molecule has 0 saturated heterocycles. The number of sulfone groups is 1. The highest BCUT2D eigenvalue weighted by Gasteiger charge is 2.27. The van der Waals surface area contributed by atoms with Crippen LogP contribution in [-0.4, -0.2) is 34.0 Å². The molecule has 3 rings (SSSR count). The quantitative estimate of drug-likeness (QED) is 0.263. The molecule has 0 aliphatic carbocycles. The maximum atomic E-state index is 13.3. The van der Waals surface area contributed by atoms with Gasteiger partial charge in [-0.2, -0.15) is 0 Å². The van der Waals surface area contributed by atoms with Crippen LogP contribution in [0.5, 0.6) is 11.5 Å². The number of non-ortho nitro benzene ring substituents is 1. The molecule has 0 aromatic heterocycles. The van der Waals surface area contributed by atoms with Crippen LogP contribution in [0.4, 0.5) is 11.4 Å². The number of rotatable bonds is 8. The van der Waals surface area contributed by atoms with Crippen molar-refractivity contribution in [3.05, 3.63) is 76.3 Å². The number of ether oxygens (including phenoxy) is 1. The van der Waals surface area contributed by atoms with Gasteiger partial charge in [-0.25, -0.2) is 16.8 Å². The number of methoxy groups -OCH3 is 1. The summed E-state index contributed by atoms with van der Waals surface area (Å²) in [5.41, 5.74) is -0.342. The summed E-state index contributed by atoms with van der Waals surface area (Å²) in [6.07, 6.45) is 0. The molecule has 0 radical (unpaired) electrons. The molecule has 2 N–H and O–H groups in total. The Morgan fingerprint density at radius 1 is 0.971 bits per heavy atom. The van der Waals surface area contributed by atoms with Crippen LogP contribution in [0, 0.1) is 10.1 Å². The van der Waals surface area contributed by atoms with Crippen molar-refractivity contribution in [1.82, 2.24) is 0 Å². The van der Waals surface area contributed by atoms with E-state index in [1.54, 1.807) is 13.8 Å². The first-order chi connectivity index (χ1) is 15.9. The fourth-order valence-corrected chi connectivity index (χ4v) is 5.68. The van der Waals surface area contributed by atoms with Gasteiger partial charge in [0.2, 0.25) is 9.84 Å². The second-order valence-electron chi connectivity index (χ2n) is 7.61. The van der Waals surface area contributed by atoms with Crippen LogP contribution in [-0.2, 0) is 19.9 Å². The summed E-state index contributed by atoms with van der Waals surface area (Å²) in [6, 6.07) is 12.3. The van der Waals surface area contributed by atoms with Crippen LogP contribution in [0.3, 0.4) is 0 Å². The van der Waals surface area contributed by atoms with Gasteiger partial charge < -0.3 is 9.84 Å². The number of phenolic OH excluding ortho intramolecular Hbond substituents is 1. The van der Waals surface area contributed by atoms with Crippen LogP contribution >= 0.6 is 0 Å². The average Bonchev–Trinajstić information content (AvgIpc) is 2.79. The summed E-state index contributed by atoms with van der Waals surface area (Å²) < 4.78 is 59.6. The minimum atomic E-state index is -4.31. The lowest BCUT2D eigenvalue weighted by atomic mass is 10.0. The molecule has 0 heterocycles. The summed E-state index contributed by atoms with van der Waals surface area (Å²) in [5, 5.41) is 21.8. The van der Waals surface area contributed by atoms with Crippen LogP contribution in [0.25, 0.3) is 0 Å². The highest BCUT2D eigenvalue weighted by atomic mass is 32.2. The molecule has 0 spiro atoms. The van der Waals surface area contributed by atoms with Gasteiger partial charge in [0, 0.05) is 12.1 Å². The standard InChI is InChI=1S/C22H22N2O8S2/c1-14(2)20-11-15(23-34(30,31)19-6-4-5-16(13-19)24(26)27)12-21(22(20)25)33(28,29)18-9-7-17(32-3)8-10-18/h4-14,23,25H,1-3H3. The number of phenols is 1. The number of benzene rings is 3. The molecule has 0 fully saturated rings. The van der Waals surface area contributed by atoms with Gasteiger partial charge in [-0.05, 0) is 53.9 Å². The molecule has 3 aromatic rings. The Morgan fingerprint density at radius 3 is 2.18 bits per heavy atom. The largest absolute Gasteiger partial charge is 0.506 e. The third-order valence-electron chi connectivity index (χ3n) is 4.98. The molecule has 0 amide bonds. The van der Waals surface area contributed by atoms with Crippen molar-refractivity contribution in [2.75, 3.05) is 11.8 Å². The van der Waals surface area contributed by atoms with E-state index in [1.807, 2.05) is 0 Å². The SMILES string of the molecule is COc1ccc(S(=O)(=O)c2cc(NS(=O)(=O)c3cccc([N+](=O)[O-])c3)cc(C(C)C)c2O)cc1. The van der Waals surface area contributed by atoms with Crippen LogP contribution in [0.2, 0.25) is 0 Å². The Hall–Kier alpha value is -3.64. The smallest absolute Gasteiger partial charge is 0.270 e. The summed E-state index contributed by atoms with van der Waals surface area (Å²) in [5.74, 6) is -0.416. The first kappa shape index (κ1) is 25.0. The van der Waals surface area contributed by atoms with E-state index >= 15 is 0 Å². The van der Waals surface area contributed by atoms with Gasteiger partial charge in [-0.1, -0.05) is 19.9 Å². The Labute approximate surface area is 197 Å². The predicted octanol–water partition coefficient (Wildman–Crippen LogP) is 4.07. The van der Waals surface area contributed by atoms with Gasteiger partial charge in [0.15, 0.2) is 0 Å². The molecule has 10 nitrogen and oxygen atoms in total. The number of hydrogen-bond acceptors (Lipinski definition) is 8. The molecule has 0 aliphatic rings. The van der Waals surface area contributed by atoms with E-state index in [9.17, 15) is 32.1 Å². The van der Waals surface area contributed by atoms with Crippen molar-refractivity contribution in [2.45, 2.75) is 34.5 Å². The van der Waals surface area contributed by atoms with E-state index in [4.69, 9.17) is 4.74 Å². The van der Waals surface area contributed by atoms with Gasteiger partial charge in [0.25, 0.3) is 15.7 Å². The number of nitrogens with zero attached hydrogens (tertiary/aromatic N) is 1. The van der Waals surface area contributed by atoms with Crippen LogP contribution in [0.1, 0.15) is 25.3 Å². The zero-order chi connectivity index (χ0) is 25.3. The lowest BCUT2D eigenvalue weighted by molar-refractivity contribution is -0.385. The topological polar surface area (TPSA) is 153 Å². The normalized spacial score (nSPS) is 11.9. The second-order valence-corrected chi connectivity index (χ2v) is 11.2. The Balaban J connectivity index is 2.12. The maximum absolute atomic E-state index is 13.3. The molecule has 3 aromatic carbocycles. The molecule has 0 atom stereocenters. The summed E-state index contributed by atoms with van der Waals surface area (Å²) in [4.78, 5) is 9.30. The summed E-state index contributed by atoms with van der Waals surface area (Å²) >= 11 is 0. The molecule has 12 heteroatoms. The first-order valence-electron chi connectivity index (χ1n) is 9.90. The number of nitro groups is 1. The van der Waals surface area contributed by atoms with Gasteiger partial charge in [-0.15, -0.1) is 0 Å². The number of nitrogens with one attached hydrogen (secondary N) is 1. The fourth-order valence-electron chi connectivity index (χ4n) is 3.19. The highest BCUT2D eigenvalue weighted by Crippen LogP contribution is 2.38. The molecule has 0 aliphatic heterocycles. The number of hydrogen-bond donors (Lipinski definition) is 2. The van der Waals surface area contributed by atoms with E-state index < -0.39 is 41.1 Å².